The van der Waals surface area contributed by atoms with Gasteiger partial charge in [0.2, 0.25) is 0 Å². The van der Waals surface area contributed by atoms with Crippen molar-refractivity contribution in [2.45, 2.75) is 79.9 Å². The van der Waals surface area contributed by atoms with E-state index in [-0.39, 0.29) is 11.3 Å². The molecule has 2 aromatic heterocycles. The fraction of sp³-hybridized carbons (Fsp3) is 0.552. The molecule has 234 valence electrons. The standard InChI is InChI=1S/C29H35F3N4O6S/c1-15-6-5-8-33-22(15)26(29(39)7-9-41-28(2,3)14-29)43-27-25(40-4)23(24(38)20(13-37)42-27)36-12-19(34-35-36)16-10-17(30)21(32)18(31)11-16/h5-6,8,10-12,20,23-27,37-39H,7,9,13-14H2,1-4H3/t20-,23+,24+,25-,26?,27+,29+/m1/s1. The maximum atomic E-state index is 13.9. The number of pyridine rings is 1. The van der Waals surface area contributed by atoms with Crippen molar-refractivity contribution < 1.29 is 42.7 Å². The molecule has 0 amide bonds. The Morgan fingerprint density at radius 2 is 1.95 bits per heavy atom. The molecule has 3 aromatic rings. The first-order valence-electron chi connectivity index (χ1n) is 13.8. The Kier molecular flexibility index (Phi) is 9.19. The predicted octanol–water partition coefficient (Wildman–Crippen LogP) is 3.49. The second-order valence-electron chi connectivity index (χ2n) is 11.6. The van der Waals surface area contributed by atoms with Crippen LogP contribution in [0.4, 0.5) is 13.2 Å². The van der Waals surface area contributed by atoms with E-state index in [1.54, 1.807) is 6.20 Å². The van der Waals surface area contributed by atoms with Crippen molar-refractivity contribution in [1.29, 1.82) is 0 Å². The van der Waals surface area contributed by atoms with Crippen LogP contribution in [0.2, 0.25) is 0 Å². The van der Waals surface area contributed by atoms with E-state index >= 15 is 0 Å². The number of thioether (sulfide) groups is 1. The number of nitrogens with zero attached hydrogens (tertiary/aromatic N) is 4. The molecule has 0 bridgehead atoms. The van der Waals surface area contributed by atoms with Crippen LogP contribution in [-0.4, -0.2) is 90.6 Å². The lowest BCUT2D eigenvalue weighted by molar-refractivity contribution is -0.187. The van der Waals surface area contributed by atoms with Gasteiger partial charge in [-0.1, -0.05) is 11.3 Å². The fourth-order valence-corrected chi connectivity index (χ4v) is 7.67. The fourth-order valence-electron chi connectivity index (χ4n) is 5.94. The van der Waals surface area contributed by atoms with Gasteiger partial charge in [0, 0.05) is 31.7 Å². The Morgan fingerprint density at radius 3 is 2.58 bits per heavy atom. The first-order valence-corrected chi connectivity index (χ1v) is 14.8. The SMILES string of the molecule is CO[C@@H]1[C@@H](n2cc(-c3cc(F)c(F)c(F)c3)nn2)[C@@H](O)[C@@H](CO)O[C@H]1SC(c1ncccc1C)[C@]1(O)CCOC(C)(C)C1. The van der Waals surface area contributed by atoms with E-state index in [2.05, 4.69) is 15.3 Å². The molecule has 0 radical (unpaired) electrons. The molecule has 14 heteroatoms. The molecule has 2 aliphatic heterocycles. The molecule has 4 heterocycles. The predicted molar refractivity (Wildman–Crippen MR) is 150 cm³/mol. The van der Waals surface area contributed by atoms with E-state index in [0.29, 0.717) is 25.1 Å². The highest BCUT2D eigenvalue weighted by atomic mass is 32.2. The molecule has 3 N–H and O–H groups in total. The van der Waals surface area contributed by atoms with Gasteiger partial charge in [-0.25, -0.2) is 17.9 Å². The third kappa shape index (κ3) is 6.32. The number of hydrogen-bond donors (Lipinski definition) is 3. The molecule has 2 saturated heterocycles. The van der Waals surface area contributed by atoms with Crippen molar-refractivity contribution in [3.05, 3.63) is 65.4 Å². The molecule has 5 rings (SSSR count). The summed E-state index contributed by atoms with van der Waals surface area (Å²) in [5.41, 5.74) is -1.24. The van der Waals surface area contributed by atoms with Crippen molar-refractivity contribution >= 4 is 11.8 Å². The molecular formula is C29H35F3N4O6S. The Bertz CT molecular complexity index is 1420. The number of hydrogen-bond acceptors (Lipinski definition) is 10. The van der Waals surface area contributed by atoms with E-state index in [4.69, 9.17) is 14.2 Å². The van der Waals surface area contributed by atoms with Gasteiger partial charge in [-0.3, -0.25) is 4.98 Å². The van der Waals surface area contributed by atoms with Crippen molar-refractivity contribution in [3.8, 4) is 11.3 Å². The Hall–Kier alpha value is -2.59. The Morgan fingerprint density at radius 1 is 1.23 bits per heavy atom. The van der Waals surface area contributed by atoms with E-state index < -0.39 is 70.3 Å². The quantitative estimate of drug-likeness (QED) is 0.320. The third-order valence-electron chi connectivity index (χ3n) is 8.01. The Labute approximate surface area is 251 Å². The van der Waals surface area contributed by atoms with Crippen LogP contribution in [0.3, 0.4) is 0 Å². The van der Waals surface area contributed by atoms with Gasteiger partial charge in [0.1, 0.15) is 35.5 Å². The van der Waals surface area contributed by atoms with Crippen LogP contribution >= 0.6 is 11.8 Å². The molecule has 0 aliphatic carbocycles. The molecule has 2 aliphatic rings. The highest BCUT2D eigenvalue weighted by molar-refractivity contribution is 8.00. The molecule has 0 saturated carbocycles. The lowest BCUT2D eigenvalue weighted by Crippen LogP contribution is -2.56. The summed E-state index contributed by atoms with van der Waals surface area (Å²) >= 11 is 1.26. The van der Waals surface area contributed by atoms with Gasteiger partial charge in [0.15, 0.2) is 17.5 Å². The molecule has 0 spiro atoms. The number of halogens is 3. The van der Waals surface area contributed by atoms with Gasteiger partial charge in [-0.05, 0) is 44.5 Å². The van der Waals surface area contributed by atoms with Crippen molar-refractivity contribution in [2.24, 2.45) is 0 Å². The average Bonchev–Trinajstić information content (AvgIpc) is 3.44. The van der Waals surface area contributed by atoms with Crippen molar-refractivity contribution in [1.82, 2.24) is 20.0 Å². The second kappa shape index (κ2) is 12.4. The number of aliphatic hydroxyl groups is 3. The van der Waals surface area contributed by atoms with Crippen LogP contribution in [0.1, 0.15) is 49.2 Å². The number of aromatic nitrogens is 4. The van der Waals surface area contributed by atoms with Crippen LogP contribution < -0.4 is 0 Å². The second-order valence-corrected chi connectivity index (χ2v) is 12.8. The van der Waals surface area contributed by atoms with Gasteiger partial charge in [-0.2, -0.15) is 0 Å². The topological polar surface area (TPSA) is 132 Å². The van der Waals surface area contributed by atoms with Gasteiger partial charge in [-0.15, -0.1) is 16.9 Å². The zero-order chi connectivity index (χ0) is 31.1. The summed E-state index contributed by atoms with van der Waals surface area (Å²) in [6.07, 6.45) is 0.341. The first kappa shape index (κ1) is 31.8. The minimum Gasteiger partial charge on any atom is -0.394 e. The highest BCUT2D eigenvalue weighted by Crippen LogP contribution is 2.51. The Balaban J connectivity index is 1.52. The number of methoxy groups -OCH3 is 1. The summed E-state index contributed by atoms with van der Waals surface area (Å²) in [4.78, 5) is 4.62. The number of aliphatic hydroxyl groups excluding tert-OH is 2. The van der Waals surface area contributed by atoms with Gasteiger partial charge in [0.25, 0.3) is 0 Å². The first-order chi connectivity index (χ1) is 20.4. The van der Waals surface area contributed by atoms with Crippen molar-refractivity contribution in [3.63, 3.8) is 0 Å². The lowest BCUT2D eigenvalue weighted by Gasteiger charge is -2.48. The minimum absolute atomic E-state index is 0.0248. The van der Waals surface area contributed by atoms with Gasteiger partial charge < -0.3 is 29.5 Å². The van der Waals surface area contributed by atoms with Crippen LogP contribution in [-0.2, 0) is 14.2 Å². The minimum atomic E-state index is -1.60. The van der Waals surface area contributed by atoms with Gasteiger partial charge in [0.05, 0.1) is 41.6 Å². The molecule has 1 aromatic carbocycles. The molecule has 1 unspecified atom stereocenters. The molecule has 10 nitrogen and oxygen atoms in total. The summed E-state index contributed by atoms with van der Waals surface area (Å²) in [5.74, 6) is -4.37. The summed E-state index contributed by atoms with van der Waals surface area (Å²) in [6.45, 7) is 5.52. The van der Waals surface area contributed by atoms with Crippen LogP contribution in [0.15, 0.2) is 36.7 Å². The average molecular weight is 625 g/mol. The third-order valence-corrected chi connectivity index (χ3v) is 9.59. The summed E-state index contributed by atoms with van der Waals surface area (Å²) in [6, 6.07) is 4.33. The van der Waals surface area contributed by atoms with Crippen LogP contribution in [0, 0.1) is 24.4 Å². The normalized spacial score (nSPS) is 29.9. The van der Waals surface area contributed by atoms with Gasteiger partial charge >= 0.3 is 0 Å². The summed E-state index contributed by atoms with van der Waals surface area (Å²) < 4.78 is 60.6. The zero-order valence-electron chi connectivity index (χ0n) is 24.2. The van der Waals surface area contributed by atoms with E-state index in [0.717, 1.165) is 17.7 Å². The van der Waals surface area contributed by atoms with E-state index in [1.165, 1.54) is 29.8 Å². The number of aryl methyl sites for hydroxylation is 1. The highest BCUT2D eigenvalue weighted by Gasteiger charge is 2.52. The van der Waals surface area contributed by atoms with E-state index in [1.807, 2.05) is 32.9 Å². The van der Waals surface area contributed by atoms with Crippen LogP contribution in [0.5, 0.6) is 0 Å². The van der Waals surface area contributed by atoms with Crippen LogP contribution in [0.25, 0.3) is 11.3 Å². The maximum Gasteiger partial charge on any atom is 0.194 e. The molecule has 43 heavy (non-hydrogen) atoms. The zero-order valence-corrected chi connectivity index (χ0v) is 25.0. The number of ether oxygens (including phenoxy) is 3. The molecular weight excluding hydrogens is 589 g/mol. The monoisotopic (exact) mass is 624 g/mol. The summed E-state index contributed by atoms with van der Waals surface area (Å²) in [7, 11) is 1.43. The summed E-state index contributed by atoms with van der Waals surface area (Å²) in [5, 5.41) is 41.0. The largest absolute Gasteiger partial charge is 0.394 e. The smallest absolute Gasteiger partial charge is 0.194 e. The number of benzene rings is 1. The lowest BCUT2D eigenvalue weighted by atomic mass is 9.80. The molecule has 2 fully saturated rings. The number of rotatable bonds is 8. The molecule has 7 atom stereocenters. The van der Waals surface area contributed by atoms with E-state index in [9.17, 15) is 28.5 Å². The van der Waals surface area contributed by atoms with Crippen molar-refractivity contribution in [2.75, 3.05) is 20.3 Å². The maximum absolute atomic E-state index is 13.9.